The van der Waals surface area contributed by atoms with Crippen molar-refractivity contribution in [2.75, 3.05) is 26.2 Å². The van der Waals surface area contributed by atoms with E-state index in [-0.39, 0.29) is 44.7 Å². The summed E-state index contributed by atoms with van der Waals surface area (Å²) in [7, 11) is 0. The van der Waals surface area contributed by atoms with Crippen molar-refractivity contribution < 1.29 is 77.6 Å². The van der Waals surface area contributed by atoms with Crippen LogP contribution in [0.25, 0.3) is 0 Å². The maximum atomic E-state index is 14.5. The molecule has 0 aromatic rings. The van der Waals surface area contributed by atoms with Crippen molar-refractivity contribution in [1.29, 1.82) is 0 Å². The number of nitrogens with one attached hydrogen (secondary N) is 8. The molecule has 0 radical (unpaired) electrons. The normalized spacial score (nSPS) is 16.8. The van der Waals surface area contributed by atoms with Crippen LogP contribution in [0.4, 0.5) is 0 Å². The molecule has 1 heterocycles. The number of rotatable bonds is 35. The Bertz CT molecular complexity index is 2010. The summed E-state index contributed by atoms with van der Waals surface area (Å²) < 4.78 is 0. The largest absolute Gasteiger partial charge is 0.481 e. The first-order valence-electron chi connectivity index (χ1n) is 24.4. The summed E-state index contributed by atoms with van der Waals surface area (Å²) in [5, 5.41) is 47.5. The molecule has 1 rings (SSSR count). The highest BCUT2D eigenvalue weighted by Gasteiger charge is 2.42. The van der Waals surface area contributed by atoms with Gasteiger partial charge in [0.25, 0.3) is 0 Å². The molecule has 1 aliphatic heterocycles. The maximum absolute atomic E-state index is 14.5. The first-order valence-corrected chi connectivity index (χ1v) is 24.4. The number of aliphatic carboxylic acids is 2. The summed E-state index contributed by atoms with van der Waals surface area (Å²) >= 11 is 0. The molecule has 19 N–H and O–H groups in total. The van der Waals surface area contributed by atoms with Crippen molar-refractivity contribution >= 4 is 76.9 Å². The molecule has 1 saturated heterocycles. The Kier molecular flexibility index (Phi) is 28.9. The lowest BCUT2D eigenvalue weighted by Gasteiger charge is -2.33. The van der Waals surface area contributed by atoms with E-state index in [1.54, 1.807) is 27.7 Å². The first-order chi connectivity index (χ1) is 34.7. The third-order valence-electron chi connectivity index (χ3n) is 11.8. The van der Waals surface area contributed by atoms with Gasteiger partial charge in [-0.3, -0.25) is 57.5 Å². The molecule has 0 saturated carbocycles. The van der Waals surface area contributed by atoms with E-state index in [9.17, 15) is 77.6 Å². The Balaban J connectivity index is 3.38. The summed E-state index contributed by atoms with van der Waals surface area (Å²) in [5.41, 5.74) is 21.7. The van der Waals surface area contributed by atoms with Gasteiger partial charge in [0.1, 0.15) is 48.3 Å². The summed E-state index contributed by atoms with van der Waals surface area (Å²) in [4.78, 5) is 169. The molecule has 11 amide bonds. The lowest BCUT2D eigenvalue weighted by molar-refractivity contribution is -0.144. The second-order valence-corrected chi connectivity index (χ2v) is 18.5. The maximum Gasteiger partial charge on any atom is 0.326 e. The number of likely N-dealkylation sites (tertiary alicyclic amines) is 1. The van der Waals surface area contributed by atoms with Crippen LogP contribution in [0.3, 0.4) is 0 Å². The fourth-order valence-corrected chi connectivity index (χ4v) is 7.49. The number of carboxylic acids is 2. The van der Waals surface area contributed by atoms with Crippen LogP contribution >= 0.6 is 0 Å². The number of nitrogens with two attached hydrogens (primary N) is 4. The number of aliphatic hydroxyl groups excluding tert-OH is 1. The molecule has 1 fully saturated rings. The lowest BCUT2D eigenvalue weighted by atomic mass is 9.95. The molecule has 29 heteroatoms. The van der Waals surface area contributed by atoms with Crippen LogP contribution in [0.1, 0.15) is 112 Å². The molecular formula is C45H77N13O16. The highest BCUT2D eigenvalue weighted by molar-refractivity contribution is 5.99. The molecule has 1 aliphatic rings. The van der Waals surface area contributed by atoms with Crippen LogP contribution in [-0.4, -0.2) is 178 Å². The van der Waals surface area contributed by atoms with Gasteiger partial charge >= 0.3 is 11.9 Å². The summed E-state index contributed by atoms with van der Waals surface area (Å²) in [6.45, 7) is 6.79. The number of primary amides is 2. The molecule has 29 nitrogen and oxygen atoms in total. The zero-order valence-electron chi connectivity index (χ0n) is 42.6. The molecular weight excluding hydrogens is 979 g/mol. The Hall–Kier alpha value is -7.01. The van der Waals surface area contributed by atoms with Crippen molar-refractivity contribution in [3.63, 3.8) is 0 Å². The lowest BCUT2D eigenvalue weighted by Crippen LogP contribution is -2.61. The van der Waals surface area contributed by atoms with Gasteiger partial charge in [-0.05, 0) is 76.7 Å². The molecule has 0 aromatic carbocycles. The number of carbonyl (C=O) groups excluding carboxylic acids is 11. The van der Waals surface area contributed by atoms with Gasteiger partial charge in [-0.1, -0.05) is 34.1 Å². The number of aliphatic hydroxyl groups is 1. The second kappa shape index (κ2) is 32.9. The molecule has 0 spiro atoms. The smallest absolute Gasteiger partial charge is 0.326 e. The average Bonchev–Trinajstić information content (AvgIpc) is 3.82. The van der Waals surface area contributed by atoms with Gasteiger partial charge < -0.3 is 85.7 Å². The second-order valence-electron chi connectivity index (χ2n) is 18.5. The molecule has 0 aromatic heterocycles. The van der Waals surface area contributed by atoms with Gasteiger partial charge in [0, 0.05) is 19.4 Å². The number of hydrogen-bond donors (Lipinski definition) is 15. The molecule has 418 valence electrons. The van der Waals surface area contributed by atoms with Crippen LogP contribution in [0.2, 0.25) is 0 Å². The van der Waals surface area contributed by atoms with Crippen LogP contribution in [0.5, 0.6) is 0 Å². The molecule has 0 bridgehead atoms. The van der Waals surface area contributed by atoms with Gasteiger partial charge in [-0.15, -0.1) is 0 Å². The van der Waals surface area contributed by atoms with E-state index in [1.165, 1.54) is 11.8 Å². The third-order valence-corrected chi connectivity index (χ3v) is 11.8. The fraction of sp³-hybridized carbons (Fsp3) is 0.711. The number of carbonyl (C=O) groups is 13. The van der Waals surface area contributed by atoms with Crippen LogP contribution < -0.4 is 65.5 Å². The highest BCUT2D eigenvalue weighted by Crippen LogP contribution is 2.22. The number of amides is 11. The molecule has 10 atom stereocenters. The monoisotopic (exact) mass is 1060 g/mol. The Labute approximate surface area is 428 Å². The minimum absolute atomic E-state index is 0.00857. The third kappa shape index (κ3) is 23.2. The summed E-state index contributed by atoms with van der Waals surface area (Å²) in [5.74, 6) is -13.8. The van der Waals surface area contributed by atoms with Gasteiger partial charge in [0.05, 0.1) is 25.6 Å². The Morgan fingerprint density at radius 3 is 1.72 bits per heavy atom. The van der Waals surface area contributed by atoms with E-state index in [4.69, 9.17) is 22.9 Å². The SMILES string of the molecule is CC[C@H](C)[C@H](NC(=O)[C@H](CC(C)C)NC(=O)[C@H](CC(N)=O)NC(=O)CNC(=O)[C@H](CO)NC(=O)[C@H](C)N)C(=O)N1CCC[C@H]1C(=O)N[C@@H](CCC(N)=O)C(=O)N[C@@H](CCC(=O)O)C(=O)N[C@@H](CCCCN)C(=O)O. The number of carboxylic acid groups (broad SMARTS) is 2. The van der Waals surface area contributed by atoms with Crippen molar-refractivity contribution in [3.8, 4) is 0 Å². The van der Waals surface area contributed by atoms with E-state index in [2.05, 4.69) is 42.5 Å². The Morgan fingerprint density at radius 1 is 0.635 bits per heavy atom. The average molecular weight is 1060 g/mol. The summed E-state index contributed by atoms with van der Waals surface area (Å²) in [6, 6.07) is -12.7. The molecule has 0 aliphatic carbocycles. The van der Waals surface area contributed by atoms with Crippen molar-refractivity contribution in [1.82, 2.24) is 47.4 Å². The van der Waals surface area contributed by atoms with Gasteiger partial charge in [0.15, 0.2) is 0 Å². The zero-order valence-corrected chi connectivity index (χ0v) is 42.6. The summed E-state index contributed by atoms with van der Waals surface area (Å²) in [6.07, 6.45) is -1.35. The van der Waals surface area contributed by atoms with Crippen molar-refractivity contribution in [2.24, 2.45) is 34.8 Å². The molecule has 0 unspecified atom stereocenters. The Morgan fingerprint density at radius 2 is 1.19 bits per heavy atom. The van der Waals surface area contributed by atoms with E-state index in [0.29, 0.717) is 19.3 Å². The quantitative estimate of drug-likeness (QED) is 0.0263. The van der Waals surface area contributed by atoms with Crippen LogP contribution in [-0.2, 0) is 62.3 Å². The minimum Gasteiger partial charge on any atom is -0.481 e. The standard InChI is InChI=1S/C45H77N13O16/c1-6-23(4)36(57-42(70)28(18-22(2)3)55-41(69)29(19-33(49)61)51-34(62)20-50-38(66)30(21-59)56-37(65)24(5)47)44(72)58-17-9-11-31(58)43(71)53-25(12-14-32(48)60)39(67)52-26(13-15-35(63)64)40(68)54-27(45(73)74)10-7-8-16-46/h22-31,36,59H,6-21,46-47H2,1-5H3,(H2,48,60)(H2,49,61)(H,50,66)(H,51,62)(H,52,67)(H,53,71)(H,54,68)(H,55,69)(H,56,65)(H,57,70)(H,63,64)(H,73,74)/t23-,24-,25-,26-,27-,28-,29-,30-,31-,36-/m0/s1. The predicted octanol–water partition coefficient (Wildman–Crippen LogP) is -5.86. The zero-order chi connectivity index (χ0) is 56.4. The minimum atomic E-state index is -1.68. The van der Waals surface area contributed by atoms with Gasteiger partial charge in [-0.25, -0.2) is 4.79 Å². The van der Waals surface area contributed by atoms with Crippen LogP contribution in [0.15, 0.2) is 0 Å². The fourth-order valence-electron chi connectivity index (χ4n) is 7.49. The number of unbranched alkanes of at least 4 members (excludes halogenated alkanes) is 1. The first kappa shape index (κ1) is 65.0. The van der Waals surface area contributed by atoms with Gasteiger partial charge in [0.2, 0.25) is 65.0 Å². The van der Waals surface area contributed by atoms with Crippen LogP contribution in [0, 0.1) is 11.8 Å². The molecule has 74 heavy (non-hydrogen) atoms. The van der Waals surface area contributed by atoms with Crippen molar-refractivity contribution in [2.45, 2.75) is 166 Å². The van der Waals surface area contributed by atoms with E-state index >= 15 is 0 Å². The highest BCUT2D eigenvalue weighted by atomic mass is 16.4. The van der Waals surface area contributed by atoms with E-state index < -0.39 is 182 Å². The van der Waals surface area contributed by atoms with Gasteiger partial charge in [-0.2, -0.15) is 0 Å². The number of nitrogens with zero attached hydrogens (tertiary/aromatic N) is 1. The number of hydrogen-bond acceptors (Lipinski definition) is 16. The van der Waals surface area contributed by atoms with Crippen molar-refractivity contribution in [3.05, 3.63) is 0 Å². The van der Waals surface area contributed by atoms with E-state index in [0.717, 1.165) is 0 Å². The predicted molar refractivity (Wildman–Crippen MR) is 261 cm³/mol. The topological polar surface area (TPSA) is 486 Å². The van der Waals surface area contributed by atoms with E-state index in [1.807, 2.05) is 0 Å².